The maximum Gasteiger partial charge on any atom is 0.251 e. The molecule has 6 nitrogen and oxygen atoms in total. The molecule has 0 atom stereocenters. The summed E-state index contributed by atoms with van der Waals surface area (Å²) >= 11 is 0. The number of nitrogens with one attached hydrogen (secondary N) is 2. The third-order valence-corrected chi connectivity index (χ3v) is 3.28. The zero-order valence-corrected chi connectivity index (χ0v) is 14.1. The van der Waals surface area contributed by atoms with E-state index in [9.17, 15) is 9.59 Å². The van der Waals surface area contributed by atoms with Crippen LogP contribution in [0.1, 0.15) is 29.9 Å². The van der Waals surface area contributed by atoms with E-state index in [2.05, 4.69) is 10.3 Å². The summed E-state index contributed by atoms with van der Waals surface area (Å²) in [6, 6.07) is 8.30. The fourth-order valence-electron chi connectivity index (χ4n) is 2.01. The molecule has 2 rings (SSSR count). The van der Waals surface area contributed by atoms with Crippen molar-refractivity contribution in [3.63, 3.8) is 0 Å². The van der Waals surface area contributed by atoms with Gasteiger partial charge in [0.05, 0.1) is 20.3 Å². The molecule has 1 amide bonds. The number of hydrogen-bond donors (Lipinski definition) is 2. The zero-order chi connectivity index (χ0) is 17.5. The van der Waals surface area contributed by atoms with Crippen molar-refractivity contribution in [1.82, 2.24) is 10.3 Å². The number of benzene rings is 1. The minimum Gasteiger partial charge on any atom is -0.497 e. The summed E-state index contributed by atoms with van der Waals surface area (Å²) in [6.07, 6.45) is 1.53. The van der Waals surface area contributed by atoms with Crippen LogP contribution in [0.5, 0.6) is 11.5 Å². The number of ether oxygens (including phenoxy) is 2. The molecule has 2 N–H and O–H groups in total. The lowest BCUT2D eigenvalue weighted by atomic mass is 10.2. The average molecular weight is 330 g/mol. The van der Waals surface area contributed by atoms with Crippen LogP contribution in [0.4, 0.5) is 0 Å². The molecule has 1 aromatic heterocycles. The Balaban J connectivity index is 1.97. The summed E-state index contributed by atoms with van der Waals surface area (Å²) in [6.45, 7) is 4.72. The van der Waals surface area contributed by atoms with Crippen molar-refractivity contribution in [3.05, 3.63) is 58.0 Å². The second kappa shape index (κ2) is 8.19. The Bertz CT molecular complexity index is 753. The number of aromatic nitrogens is 1. The van der Waals surface area contributed by atoms with Crippen molar-refractivity contribution in [1.29, 1.82) is 0 Å². The standard InChI is InChI=1S/C18H22N2O4/c1-12(2)11-24-17-10-19-14(8-16(17)21)9-20-18(22)13-5-4-6-15(7-13)23-3/h4-8,10,12H,9,11H2,1-3H3,(H,19,21)(H,20,22). The third kappa shape index (κ3) is 4.87. The number of hydrogen-bond acceptors (Lipinski definition) is 4. The number of rotatable bonds is 7. The van der Waals surface area contributed by atoms with Gasteiger partial charge in [0.25, 0.3) is 5.91 Å². The van der Waals surface area contributed by atoms with Gasteiger partial charge in [0.15, 0.2) is 5.75 Å². The number of carbonyl (C=O) groups is 1. The van der Waals surface area contributed by atoms with Gasteiger partial charge in [-0.25, -0.2) is 0 Å². The Morgan fingerprint density at radius 2 is 2.08 bits per heavy atom. The van der Waals surface area contributed by atoms with E-state index in [4.69, 9.17) is 9.47 Å². The molecule has 0 aliphatic carbocycles. The predicted octanol–water partition coefficient (Wildman–Crippen LogP) is 2.35. The molecule has 0 bridgehead atoms. The summed E-state index contributed by atoms with van der Waals surface area (Å²) < 4.78 is 10.5. The summed E-state index contributed by atoms with van der Waals surface area (Å²) in [5.74, 6) is 0.996. The molecule has 2 aromatic rings. The lowest BCUT2D eigenvalue weighted by Crippen LogP contribution is -2.24. The van der Waals surface area contributed by atoms with Crippen molar-refractivity contribution >= 4 is 5.91 Å². The van der Waals surface area contributed by atoms with Crippen molar-refractivity contribution in [2.75, 3.05) is 13.7 Å². The number of methoxy groups -OCH3 is 1. The lowest BCUT2D eigenvalue weighted by molar-refractivity contribution is 0.0950. The molecule has 0 fully saturated rings. The van der Waals surface area contributed by atoms with Crippen LogP contribution in [0.15, 0.2) is 41.3 Å². The minimum atomic E-state index is -0.241. The first-order valence-electron chi connectivity index (χ1n) is 7.76. The fourth-order valence-corrected chi connectivity index (χ4v) is 2.01. The second-order valence-corrected chi connectivity index (χ2v) is 5.81. The molecule has 1 aromatic carbocycles. The zero-order valence-electron chi connectivity index (χ0n) is 14.1. The van der Waals surface area contributed by atoms with Crippen LogP contribution < -0.4 is 20.2 Å². The Labute approximate surface area is 140 Å². The van der Waals surface area contributed by atoms with Crippen LogP contribution in [0.2, 0.25) is 0 Å². The Morgan fingerprint density at radius 1 is 1.29 bits per heavy atom. The third-order valence-electron chi connectivity index (χ3n) is 3.28. The van der Waals surface area contributed by atoms with E-state index < -0.39 is 0 Å². The van der Waals surface area contributed by atoms with E-state index in [-0.39, 0.29) is 23.6 Å². The van der Waals surface area contributed by atoms with E-state index in [1.807, 2.05) is 13.8 Å². The summed E-state index contributed by atoms with van der Waals surface area (Å²) in [4.78, 5) is 27.1. The largest absolute Gasteiger partial charge is 0.497 e. The van der Waals surface area contributed by atoms with Gasteiger partial charge in [-0.05, 0) is 24.1 Å². The lowest BCUT2D eigenvalue weighted by Gasteiger charge is -2.09. The van der Waals surface area contributed by atoms with Crippen LogP contribution >= 0.6 is 0 Å². The predicted molar refractivity (Wildman–Crippen MR) is 91.6 cm³/mol. The van der Waals surface area contributed by atoms with Gasteiger partial charge in [-0.2, -0.15) is 0 Å². The van der Waals surface area contributed by atoms with Crippen LogP contribution in [-0.2, 0) is 6.54 Å². The maximum atomic E-state index is 12.1. The van der Waals surface area contributed by atoms with Gasteiger partial charge in [0, 0.05) is 23.5 Å². The molecule has 0 saturated carbocycles. The molecular weight excluding hydrogens is 308 g/mol. The molecule has 1 heterocycles. The van der Waals surface area contributed by atoms with Crippen molar-refractivity contribution in [2.24, 2.45) is 5.92 Å². The van der Waals surface area contributed by atoms with Gasteiger partial charge in [-0.15, -0.1) is 0 Å². The number of H-pyrrole nitrogens is 1. The number of amides is 1. The molecule has 0 saturated heterocycles. The average Bonchev–Trinajstić information content (AvgIpc) is 2.58. The van der Waals surface area contributed by atoms with Gasteiger partial charge in [-0.1, -0.05) is 19.9 Å². The molecule has 0 aliphatic heterocycles. The Hall–Kier alpha value is -2.76. The van der Waals surface area contributed by atoms with Crippen molar-refractivity contribution < 1.29 is 14.3 Å². The van der Waals surface area contributed by atoms with Crippen LogP contribution in [0.25, 0.3) is 0 Å². The highest BCUT2D eigenvalue weighted by Gasteiger charge is 2.08. The Kier molecular flexibility index (Phi) is 6.01. The highest BCUT2D eigenvalue weighted by atomic mass is 16.5. The molecule has 128 valence electrons. The van der Waals surface area contributed by atoms with Gasteiger partial charge in [0.1, 0.15) is 5.75 Å². The summed E-state index contributed by atoms with van der Waals surface area (Å²) in [5, 5.41) is 2.76. The molecule has 0 radical (unpaired) electrons. The molecule has 0 spiro atoms. The maximum absolute atomic E-state index is 12.1. The van der Waals surface area contributed by atoms with Crippen molar-refractivity contribution in [2.45, 2.75) is 20.4 Å². The van der Waals surface area contributed by atoms with Gasteiger partial charge in [0.2, 0.25) is 5.43 Å². The molecule has 6 heteroatoms. The van der Waals surface area contributed by atoms with E-state index in [1.54, 1.807) is 31.4 Å². The first-order chi connectivity index (χ1) is 11.5. The van der Waals surface area contributed by atoms with E-state index >= 15 is 0 Å². The first-order valence-corrected chi connectivity index (χ1v) is 7.76. The number of pyridine rings is 1. The smallest absolute Gasteiger partial charge is 0.251 e. The molecular formula is C18H22N2O4. The van der Waals surface area contributed by atoms with Crippen LogP contribution in [0.3, 0.4) is 0 Å². The molecule has 0 aliphatic rings. The van der Waals surface area contributed by atoms with Gasteiger partial charge >= 0.3 is 0 Å². The van der Waals surface area contributed by atoms with E-state index in [1.165, 1.54) is 12.3 Å². The summed E-state index contributed by atoms with van der Waals surface area (Å²) in [5.41, 5.74) is 0.891. The highest BCUT2D eigenvalue weighted by molar-refractivity contribution is 5.94. The minimum absolute atomic E-state index is 0.208. The SMILES string of the molecule is COc1cccc(C(=O)NCc2cc(=O)c(OCC(C)C)c[nH]2)c1. The first kappa shape index (κ1) is 17.6. The van der Waals surface area contributed by atoms with Crippen LogP contribution in [0, 0.1) is 5.92 Å². The van der Waals surface area contributed by atoms with Gasteiger partial charge < -0.3 is 19.8 Å². The van der Waals surface area contributed by atoms with E-state index in [0.717, 1.165) is 0 Å². The van der Waals surface area contributed by atoms with E-state index in [0.29, 0.717) is 29.5 Å². The molecule has 0 unspecified atom stereocenters. The van der Waals surface area contributed by atoms with Crippen LogP contribution in [-0.4, -0.2) is 24.6 Å². The van der Waals surface area contributed by atoms with Gasteiger partial charge in [-0.3, -0.25) is 9.59 Å². The fraction of sp³-hybridized carbons (Fsp3) is 0.333. The monoisotopic (exact) mass is 330 g/mol. The Morgan fingerprint density at radius 3 is 2.75 bits per heavy atom. The second-order valence-electron chi connectivity index (χ2n) is 5.81. The van der Waals surface area contributed by atoms with Crippen molar-refractivity contribution in [3.8, 4) is 11.5 Å². The highest BCUT2D eigenvalue weighted by Crippen LogP contribution is 2.12. The summed E-state index contributed by atoms with van der Waals surface area (Å²) in [7, 11) is 1.55. The molecule has 24 heavy (non-hydrogen) atoms. The number of aromatic amines is 1. The quantitative estimate of drug-likeness (QED) is 0.816. The number of carbonyl (C=O) groups excluding carboxylic acids is 1. The normalized spacial score (nSPS) is 10.5. The topological polar surface area (TPSA) is 80.4 Å².